The van der Waals surface area contributed by atoms with Crippen LogP contribution in [-0.4, -0.2) is 28.0 Å². The van der Waals surface area contributed by atoms with Crippen LogP contribution in [0.25, 0.3) is 0 Å². The van der Waals surface area contributed by atoms with E-state index >= 15 is 0 Å². The van der Waals surface area contributed by atoms with Gasteiger partial charge in [0.1, 0.15) is 5.41 Å². The number of ether oxygens (including phenoxy) is 1. The molecule has 0 unspecified atom stereocenters. The lowest BCUT2D eigenvalue weighted by atomic mass is 10.1. The number of thioether (sulfide) groups is 1. The first-order chi connectivity index (χ1) is 8.37. The normalized spacial score (nSPS) is 17.6. The second-order valence-corrected chi connectivity index (χ2v) is 7.29. The molecule has 6 heteroatoms. The lowest BCUT2D eigenvalue weighted by Crippen LogP contribution is -2.22. The van der Waals surface area contributed by atoms with Crippen LogP contribution in [-0.2, 0) is 20.7 Å². The second kappa shape index (κ2) is 4.57. The van der Waals surface area contributed by atoms with E-state index in [0.717, 1.165) is 12.8 Å². The molecule has 5 nitrogen and oxygen atoms in total. The molecule has 1 aliphatic rings. The lowest BCUT2D eigenvalue weighted by molar-refractivity contribution is -0.144. The SMILES string of the molecule is COC(=O)C1(c2nc(CSC(C)(C)C)no2)CC1. The van der Waals surface area contributed by atoms with Crippen molar-refractivity contribution in [2.24, 2.45) is 0 Å². The molecule has 0 bridgehead atoms. The summed E-state index contributed by atoms with van der Waals surface area (Å²) in [6, 6.07) is 0. The molecular weight excluding hydrogens is 252 g/mol. The van der Waals surface area contributed by atoms with Crippen molar-refractivity contribution in [1.29, 1.82) is 0 Å². The molecule has 1 heterocycles. The molecule has 0 saturated heterocycles. The topological polar surface area (TPSA) is 65.2 Å². The van der Waals surface area contributed by atoms with Crippen LogP contribution < -0.4 is 0 Å². The van der Waals surface area contributed by atoms with Crippen LogP contribution in [0.15, 0.2) is 4.52 Å². The van der Waals surface area contributed by atoms with E-state index in [9.17, 15) is 4.79 Å². The summed E-state index contributed by atoms with van der Waals surface area (Å²) in [4.78, 5) is 16.0. The highest BCUT2D eigenvalue weighted by Gasteiger charge is 2.57. The fourth-order valence-electron chi connectivity index (χ4n) is 1.61. The predicted octanol–water partition coefficient (Wildman–Crippen LogP) is 2.31. The summed E-state index contributed by atoms with van der Waals surface area (Å²) in [6.45, 7) is 6.40. The van der Waals surface area contributed by atoms with Gasteiger partial charge in [0.05, 0.1) is 12.9 Å². The number of aromatic nitrogens is 2. The first-order valence-corrected chi connectivity index (χ1v) is 6.91. The van der Waals surface area contributed by atoms with Crippen molar-refractivity contribution in [3.63, 3.8) is 0 Å². The van der Waals surface area contributed by atoms with E-state index in [-0.39, 0.29) is 10.7 Å². The maximum Gasteiger partial charge on any atom is 0.321 e. The molecule has 1 aromatic rings. The van der Waals surface area contributed by atoms with Gasteiger partial charge in [-0.15, -0.1) is 11.8 Å². The zero-order valence-corrected chi connectivity index (χ0v) is 12.0. The summed E-state index contributed by atoms with van der Waals surface area (Å²) in [5.41, 5.74) is -0.660. The number of hydrogen-bond donors (Lipinski definition) is 0. The van der Waals surface area contributed by atoms with E-state index < -0.39 is 5.41 Å². The van der Waals surface area contributed by atoms with Crippen molar-refractivity contribution in [3.05, 3.63) is 11.7 Å². The molecule has 2 rings (SSSR count). The highest BCUT2D eigenvalue weighted by molar-refractivity contribution is 7.99. The van der Waals surface area contributed by atoms with E-state index in [0.29, 0.717) is 17.5 Å². The largest absolute Gasteiger partial charge is 0.468 e. The molecule has 1 aromatic heterocycles. The van der Waals surface area contributed by atoms with Crippen LogP contribution in [0.4, 0.5) is 0 Å². The van der Waals surface area contributed by atoms with Gasteiger partial charge in [-0.25, -0.2) is 0 Å². The third kappa shape index (κ3) is 2.68. The minimum absolute atomic E-state index is 0.153. The third-order valence-corrected chi connectivity index (χ3v) is 4.11. The Morgan fingerprint density at radius 2 is 2.17 bits per heavy atom. The highest BCUT2D eigenvalue weighted by Crippen LogP contribution is 2.48. The number of esters is 1. The summed E-state index contributed by atoms with van der Waals surface area (Å²) in [5, 5.41) is 3.93. The third-order valence-electron chi connectivity index (χ3n) is 2.84. The van der Waals surface area contributed by atoms with Gasteiger partial charge in [-0.1, -0.05) is 25.9 Å². The van der Waals surface area contributed by atoms with Crippen LogP contribution in [0.5, 0.6) is 0 Å². The van der Waals surface area contributed by atoms with Gasteiger partial charge in [0.25, 0.3) is 0 Å². The smallest absolute Gasteiger partial charge is 0.321 e. The van der Waals surface area contributed by atoms with Crippen molar-refractivity contribution in [3.8, 4) is 0 Å². The summed E-state index contributed by atoms with van der Waals surface area (Å²) in [7, 11) is 1.38. The molecule has 0 aliphatic heterocycles. The molecule has 0 spiro atoms. The van der Waals surface area contributed by atoms with Gasteiger partial charge in [-0.3, -0.25) is 4.79 Å². The van der Waals surface area contributed by atoms with Gasteiger partial charge in [0, 0.05) is 4.75 Å². The minimum Gasteiger partial charge on any atom is -0.468 e. The highest BCUT2D eigenvalue weighted by atomic mass is 32.2. The van der Waals surface area contributed by atoms with Crippen LogP contribution in [0.2, 0.25) is 0 Å². The van der Waals surface area contributed by atoms with Gasteiger partial charge in [-0.2, -0.15) is 4.98 Å². The Balaban J connectivity index is 2.05. The van der Waals surface area contributed by atoms with Crippen molar-refractivity contribution in [2.45, 2.75) is 49.5 Å². The monoisotopic (exact) mass is 270 g/mol. The number of carbonyl (C=O) groups is 1. The van der Waals surface area contributed by atoms with Crippen LogP contribution in [0, 0.1) is 0 Å². The second-order valence-electron chi connectivity index (χ2n) is 5.49. The van der Waals surface area contributed by atoms with Gasteiger partial charge in [0.2, 0.25) is 5.89 Å². The number of nitrogens with zero attached hydrogens (tertiary/aromatic N) is 2. The average molecular weight is 270 g/mol. The molecule has 0 N–H and O–H groups in total. The number of carbonyl (C=O) groups excluding carboxylic acids is 1. The van der Waals surface area contributed by atoms with Gasteiger partial charge >= 0.3 is 5.97 Å². The predicted molar refractivity (Wildman–Crippen MR) is 68.3 cm³/mol. The van der Waals surface area contributed by atoms with Crippen LogP contribution in [0.1, 0.15) is 45.3 Å². The van der Waals surface area contributed by atoms with E-state index in [1.54, 1.807) is 11.8 Å². The fraction of sp³-hybridized carbons (Fsp3) is 0.750. The van der Waals surface area contributed by atoms with Crippen molar-refractivity contribution >= 4 is 17.7 Å². The van der Waals surface area contributed by atoms with Crippen LogP contribution >= 0.6 is 11.8 Å². The Labute approximate surface area is 111 Å². The standard InChI is InChI=1S/C12H18N2O3S/c1-11(2,3)18-7-8-13-9(17-14-8)12(5-6-12)10(15)16-4/h5-7H2,1-4H3. The van der Waals surface area contributed by atoms with Gasteiger partial charge in [0.15, 0.2) is 5.82 Å². The fourth-order valence-corrected chi connectivity index (χ4v) is 2.29. The molecule has 0 atom stereocenters. The summed E-state index contributed by atoms with van der Waals surface area (Å²) >= 11 is 1.74. The Kier molecular flexibility index (Phi) is 3.40. The Morgan fingerprint density at radius 1 is 1.50 bits per heavy atom. The van der Waals surface area contributed by atoms with Crippen molar-refractivity contribution in [2.75, 3.05) is 7.11 Å². The maximum atomic E-state index is 11.7. The lowest BCUT2D eigenvalue weighted by Gasteiger charge is -2.15. The molecular formula is C12H18N2O3S. The van der Waals surface area contributed by atoms with E-state index in [4.69, 9.17) is 9.26 Å². The summed E-state index contributed by atoms with van der Waals surface area (Å²) in [5.74, 6) is 1.45. The Morgan fingerprint density at radius 3 is 2.67 bits per heavy atom. The van der Waals surface area contributed by atoms with E-state index in [1.165, 1.54) is 7.11 Å². The molecule has 0 aromatic carbocycles. The molecule has 1 aliphatic carbocycles. The first kappa shape index (κ1) is 13.4. The molecule has 1 fully saturated rings. The summed E-state index contributed by atoms with van der Waals surface area (Å²) in [6.07, 6.45) is 1.46. The maximum absolute atomic E-state index is 11.7. The zero-order valence-electron chi connectivity index (χ0n) is 11.1. The summed E-state index contributed by atoms with van der Waals surface area (Å²) < 4.78 is 10.1. The van der Waals surface area contributed by atoms with Gasteiger partial charge < -0.3 is 9.26 Å². The number of rotatable bonds is 4. The average Bonchev–Trinajstić information content (AvgIpc) is 2.97. The molecule has 100 valence electrons. The first-order valence-electron chi connectivity index (χ1n) is 5.93. The van der Waals surface area contributed by atoms with Crippen molar-refractivity contribution < 1.29 is 14.1 Å². The molecule has 1 saturated carbocycles. The Bertz CT molecular complexity index is 446. The van der Waals surface area contributed by atoms with Crippen molar-refractivity contribution in [1.82, 2.24) is 10.1 Å². The number of hydrogen-bond acceptors (Lipinski definition) is 6. The Hall–Kier alpha value is -1.04. The quantitative estimate of drug-likeness (QED) is 0.782. The zero-order chi connectivity index (χ0) is 13.4. The minimum atomic E-state index is -0.660. The molecule has 0 radical (unpaired) electrons. The molecule has 18 heavy (non-hydrogen) atoms. The van der Waals surface area contributed by atoms with Gasteiger partial charge in [-0.05, 0) is 12.8 Å². The van der Waals surface area contributed by atoms with Crippen LogP contribution in [0.3, 0.4) is 0 Å². The molecule has 0 amide bonds. The van der Waals surface area contributed by atoms with E-state index in [1.807, 2.05) is 0 Å². The number of methoxy groups -OCH3 is 1. The van der Waals surface area contributed by atoms with E-state index in [2.05, 4.69) is 30.9 Å².